The molecule has 0 bridgehead atoms. The van der Waals surface area contributed by atoms with E-state index in [-0.39, 0.29) is 30.6 Å². The standard InChI is InChI=1S/C25H25NO7/c1-14-12-18-13-17(8-9-19(18)33-14)22(27)20-21(26(10-11-31-2)24(29)23(20)28)15-4-6-16(7-5-15)25(30)32-3/h4-9,13-14,21,27H,10-12H2,1-3H3. The van der Waals surface area contributed by atoms with Crippen LogP contribution in [0, 0.1) is 0 Å². The lowest BCUT2D eigenvalue weighted by atomic mass is 9.94. The number of carbonyl (C=O) groups excluding carboxylic acids is 3. The summed E-state index contributed by atoms with van der Waals surface area (Å²) in [6, 6.07) is 10.8. The van der Waals surface area contributed by atoms with Crippen molar-refractivity contribution >= 4 is 23.4 Å². The summed E-state index contributed by atoms with van der Waals surface area (Å²) < 4.78 is 15.6. The highest BCUT2D eigenvalue weighted by Crippen LogP contribution is 2.40. The molecule has 8 heteroatoms. The molecule has 0 saturated carbocycles. The van der Waals surface area contributed by atoms with Crippen LogP contribution in [-0.4, -0.2) is 61.1 Å². The Morgan fingerprint density at radius 3 is 2.48 bits per heavy atom. The minimum absolute atomic E-state index is 0.00571. The molecule has 2 atom stereocenters. The van der Waals surface area contributed by atoms with E-state index in [1.165, 1.54) is 19.1 Å². The molecule has 8 nitrogen and oxygen atoms in total. The van der Waals surface area contributed by atoms with Gasteiger partial charge in [0.05, 0.1) is 30.9 Å². The molecular weight excluding hydrogens is 426 g/mol. The monoisotopic (exact) mass is 451 g/mol. The number of aliphatic hydroxyl groups excluding tert-OH is 1. The lowest BCUT2D eigenvalue weighted by Gasteiger charge is -2.25. The van der Waals surface area contributed by atoms with Crippen molar-refractivity contribution in [2.24, 2.45) is 0 Å². The van der Waals surface area contributed by atoms with Crippen molar-refractivity contribution in [2.75, 3.05) is 27.4 Å². The number of carbonyl (C=O) groups is 3. The molecule has 33 heavy (non-hydrogen) atoms. The summed E-state index contributed by atoms with van der Waals surface area (Å²) in [5.74, 6) is -1.48. The molecule has 1 fully saturated rings. The van der Waals surface area contributed by atoms with Crippen molar-refractivity contribution < 1.29 is 33.7 Å². The Bertz CT molecular complexity index is 1140. The highest BCUT2D eigenvalue weighted by molar-refractivity contribution is 6.46. The van der Waals surface area contributed by atoms with Crippen LogP contribution in [0.5, 0.6) is 5.75 Å². The van der Waals surface area contributed by atoms with Crippen molar-refractivity contribution in [1.29, 1.82) is 0 Å². The number of hydrogen-bond acceptors (Lipinski definition) is 7. The molecule has 2 aliphatic rings. The Hall–Kier alpha value is -3.65. The van der Waals surface area contributed by atoms with Gasteiger partial charge in [0.15, 0.2) is 0 Å². The predicted molar refractivity (Wildman–Crippen MR) is 119 cm³/mol. The number of Topliss-reactive ketones (excluding diaryl/α,β-unsaturated/α-hetero) is 1. The summed E-state index contributed by atoms with van der Waals surface area (Å²) in [4.78, 5) is 39.1. The van der Waals surface area contributed by atoms with E-state index >= 15 is 0 Å². The summed E-state index contributed by atoms with van der Waals surface area (Å²) in [5, 5.41) is 11.2. The molecule has 4 rings (SSSR count). The normalized spacial score (nSPS) is 21.1. The van der Waals surface area contributed by atoms with E-state index < -0.39 is 23.7 Å². The molecular formula is C25H25NO7. The maximum Gasteiger partial charge on any atom is 0.337 e. The molecule has 0 radical (unpaired) electrons. The fraction of sp³-hybridized carbons (Fsp3) is 0.320. The number of esters is 1. The molecule has 2 aromatic rings. The predicted octanol–water partition coefficient (Wildman–Crippen LogP) is 2.86. The van der Waals surface area contributed by atoms with E-state index in [1.807, 2.05) is 6.92 Å². The number of likely N-dealkylation sites (tertiary alicyclic amines) is 1. The number of aliphatic hydroxyl groups is 1. The average molecular weight is 451 g/mol. The molecule has 172 valence electrons. The number of methoxy groups -OCH3 is 2. The van der Waals surface area contributed by atoms with Crippen LogP contribution in [0.3, 0.4) is 0 Å². The van der Waals surface area contributed by atoms with Gasteiger partial charge in [-0.25, -0.2) is 4.79 Å². The van der Waals surface area contributed by atoms with Crippen LogP contribution in [0.2, 0.25) is 0 Å². The molecule has 1 N–H and O–H groups in total. The molecule has 1 saturated heterocycles. The number of amides is 1. The van der Waals surface area contributed by atoms with Crippen molar-refractivity contribution in [3.05, 3.63) is 70.3 Å². The molecule has 2 aromatic carbocycles. The third-order valence-corrected chi connectivity index (χ3v) is 5.89. The van der Waals surface area contributed by atoms with Gasteiger partial charge in [0.2, 0.25) is 0 Å². The summed E-state index contributed by atoms with van der Waals surface area (Å²) in [5.41, 5.74) is 2.28. The summed E-state index contributed by atoms with van der Waals surface area (Å²) in [7, 11) is 2.79. The SMILES string of the molecule is COCCN1C(=O)C(=O)C(=C(O)c2ccc3c(c2)CC(C)O3)C1c1ccc(C(=O)OC)cc1. The second-order valence-corrected chi connectivity index (χ2v) is 8.05. The summed E-state index contributed by atoms with van der Waals surface area (Å²) in [6.07, 6.45) is 0.724. The zero-order chi connectivity index (χ0) is 23.7. The number of benzene rings is 2. The first-order valence-electron chi connectivity index (χ1n) is 10.6. The number of ketones is 1. The molecule has 0 spiro atoms. The number of nitrogens with zero attached hydrogens (tertiary/aromatic N) is 1. The second-order valence-electron chi connectivity index (χ2n) is 8.05. The number of ether oxygens (including phenoxy) is 3. The largest absolute Gasteiger partial charge is 0.507 e. The van der Waals surface area contributed by atoms with Crippen LogP contribution in [0.25, 0.3) is 5.76 Å². The number of fused-ring (bicyclic) bond motifs is 1. The maximum absolute atomic E-state index is 13.0. The van der Waals surface area contributed by atoms with Crippen LogP contribution < -0.4 is 4.74 Å². The van der Waals surface area contributed by atoms with E-state index in [0.717, 1.165) is 11.3 Å². The molecule has 0 aliphatic carbocycles. The van der Waals surface area contributed by atoms with Crippen molar-refractivity contribution in [1.82, 2.24) is 4.90 Å². The first-order chi connectivity index (χ1) is 15.8. The minimum Gasteiger partial charge on any atom is -0.507 e. The Labute approximate surface area is 191 Å². The van der Waals surface area contributed by atoms with Gasteiger partial charge in [0.1, 0.15) is 17.6 Å². The van der Waals surface area contributed by atoms with Crippen molar-refractivity contribution in [2.45, 2.75) is 25.5 Å². The molecule has 2 unspecified atom stereocenters. The number of rotatable bonds is 6. The van der Waals surface area contributed by atoms with Gasteiger partial charge in [-0.2, -0.15) is 0 Å². The quantitative estimate of drug-likeness (QED) is 0.312. The zero-order valence-electron chi connectivity index (χ0n) is 18.7. The molecule has 1 amide bonds. The Balaban J connectivity index is 1.80. The van der Waals surface area contributed by atoms with E-state index in [2.05, 4.69) is 0 Å². The summed E-state index contributed by atoms with van der Waals surface area (Å²) in [6.45, 7) is 2.34. The Kier molecular flexibility index (Phi) is 6.20. The van der Waals surface area contributed by atoms with Gasteiger partial charge in [-0.15, -0.1) is 0 Å². The van der Waals surface area contributed by atoms with Crippen LogP contribution in [0.1, 0.15) is 40.0 Å². The van der Waals surface area contributed by atoms with Gasteiger partial charge in [-0.05, 0) is 48.4 Å². The van der Waals surface area contributed by atoms with E-state index in [1.54, 1.807) is 42.5 Å². The molecule has 2 aliphatic heterocycles. The molecule has 0 aromatic heterocycles. The smallest absolute Gasteiger partial charge is 0.337 e. The minimum atomic E-state index is -0.824. The second kappa shape index (κ2) is 9.07. The fourth-order valence-corrected chi connectivity index (χ4v) is 4.29. The lowest BCUT2D eigenvalue weighted by molar-refractivity contribution is -0.140. The Morgan fingerprint density at radius 1 is 1.12 bits per heavy atom. The highest BCUT2D eigenvalue weighted by Gasteiger charge is 2.46. The zero-order valence-corrected chi connectivity index (χ0v) is 18.7. The van der Waals surface area contributed by atoms with Crippen LogP contribution in [0.4, 0.5) is 0 Å². The third kappa shape index (κ3) is 4.09. The highest BCUT2D eigenvalue weighted by atomic mass is 16.5. The van der Waals surface area contributed by atoms with E-state index in [0.29, 0.717) is 23.1 Å². The first-order valence-corrected chi connectivity index (χ1v) is 10.6. The van der Waals surface area contributed by atoms with Gasteiger partial charge in [0.25, 0.3) is 11.7 Å². The van der Waals surface area contributed by atoms with E-state index in [4.69, 9.17) is 14.2 Å². The maximum atomic E-state index is 13.0. The van der Waals surface area contributed by atoms with Crippen molar-refractivity contribution in [3.63, 3.8) is 0 Å². The lowest BCUT2D eigenvalue weighted by Crippen LogP contribution is -2.32. The van der Waals surface area contributed by atoms with Crippen LogP contribution >= 0.6 is 0 Å². The van der Waals surface area contributed by atoms with Crippen LogP contribution in [-0.2, 0) is 25.5 Å². The molecule has 2 heterocycles. The number of hydrogen-bond donors (Lipinski definition) is 1. The van der Waals surface area contributed by atoms with E-state index in [9.17, 15) is 19.5 Å². The summed E-state index contributed by atoms with van der Waals surface area (Å²) >= 11 is 0. The van der Waals surface area contributed by atoms with Gasteiger partial charge >= 0.3 is 5.97 Å². The van der Waals surface area contributed by atoms with Gasteiger partial charge in [0, 0.05) is 25.6 Å². The topological polar surface area (TPSA) is 102 Å². The Morgan fingerprint density at radius 2 is 1.82 bits per heavy atom. The first kappa shape index (κ1) is 22.5. The van der Waals surface area contributed by atoms with Gasteiger partial charge in [-0.3, -0.25) is 9.59 Å². The van der Waals surface area contributed by atoms with Crippen LogP contribution in [0.15, 0.2) is 48.0 Å². The van der Waals surface area contributed by atoms with Gasteiger partial charge < -0.3 is 24.2 Å². The third-order valence-electron chi connectivity index (χ3n) is 5.89. The van der Waals surface area contributed by atoms with Gasteiger partial charge in [-0.1, -0.05) is 12.1 Å². The fourth-order valence-electron chi connectivity index (χ4n) is 4.29. The average Bonchev–Trinajstić information content (AvgIpc) is 3.32. The van der Waals surface area contributed by atoms with Crippen molar-refractivity contribution in [3.8, 4) is 5.75 Å².